The molecule has 0 radical (unpaired) electrons. The number of benzene rings is 10. The number of aromatic nitrogens is 4. The van der Waals surface area contributed by atoms with Crippen LogP contribution in [0.5, 0.6) is 11.5 Å². The van der Waals surface area contributed by atoms with E-state index in [-0.39, 0.29) is 23.1 Å². The summed E-state index contributed by atoms with van der Waals surface area (Å²) < 4.78 is 64.6. The van der Waals surface area contributed by atoms with Crippen LogP contribution in [0.2, 0.25) is 0 Å². The number of fused-ring (bicyclic) bond motifs is 13. The van der Waals surface area contributed by atoms with Crippen LogP contribution in [0.15, 0.2) is 241 Å². The van der Waals surface area contributed by atoms with Crippen molar-refractivity contribution in [2.24, 2.45) is 0 Å². The third-order valence-corrected chi connectivity index (χ3v) is 15.0. The zero-order valence-electron chi connectivity index (χ0n) is 46.7. The van der Waals surface area contributed by atoms with Gasteiger partial charge in [0.25, 0.3) is 6.33 Å². The van der Waals surface area contributed by atoms with Crippen LogP contribution in [0.1, 0.15) is 33.2 Å². The zero-order valence-corrected chi connectivity index (χ0v) is 41.7. The summed E-state index contributed by atoms with van der Waals surface area (Å²) in [5.74, 6) is 2.11. The molecule has 6 heteroatoms. The van der Waals surface area contributed by atoms with Gasteiger partial charge in [-0.2, -0.15) is 0 Å². The van der Waals surface area contributed by atoms with Crippen molar-refractivity contribution in [2.45, 2.75) is 26.2 Å². The Morgan fingerprint density at radius 2 is 1.18 bits per heavy atom. The summed E-state index contributed by atoms with van der Waals surface area (Å²) in [6.45, 7) is 6.64. The van der Waals surface area contributed by atoms with Crippen molar-refractivity contribution >= 4 is 54.8 Å². The lowest BCUT2D eigenvalue weighted by Gasteiger charge is -2.20. The first-order valence-corrected chi connectivity index (χ1v) is 25.5. The van der Waals surface area contributed by atoms with Crippen LogP contribution in [0.4, 0.5) is 0 Å². The van der Waals surface area contributed by atoms with E-state index in [1.807, 2.05) is 91.1 Å². The highest BCUT2D eigenvalue weighted by Gasteiger charge is 2.28. The van der Waals surface area contributed by atoms with E-state index in [0.29, 0.717) is 17.1 Å². The van der Waals surface area contributed by atoms with Crippen LogP contribution in [0, 0.1) is 6.33 Å². The fourth-order valence-corrected chi connectivity index (χ4v) is 11.5. The van der Waals surface area contributed by atoms with E-state index < -0.39 is 18.1 Å². The number of imidazole rings is 1. The molecule has 5 heterocycles. The van der Waals surface area contributed by atoms with E-state index in [9.17, 15) is 2.74 Å². The molecule has 360 valence electrons. The predicted molar refractivity (Wildman–Crippen MR) is 309 cm³/mol. The molecule has 0 N–H and O–H groups in total. The monoisotopic (exact) mass is 981 g/mol. The summed E-state index contributed by atoms with van der Waals surface area (Å²) >= 11 is 0. The van der Waals surface area contributed by atoms with Gasteiger partial charge >= 0.3 is 0 Å². The lowest BCUT2D eigenvalue weighted by atomic mass is 9.84. The first kappa shape index (κ1) is 38.8. The van der Waals surface area contributed by atoms with Crippen molar-refractivity contribution in [2.75, 3.05) is 0 Å². The molecule has 76 heavy (non-hydrogen) atoms. The van der Waals surface area contributed by atoms with Crippen molar-refractivity contribution < 1.29 is 20.6 Å². The van der Waals surface area contributed by atoms with E-state index in [4.69, 9.17) is 18.3 Å². The van der Waals surface area contributed by atoms with Crippen LogP contribution in [-0.4, -0.2) is 14.1 Å². The van der Waals surface area contributed by atoms with E-state index >= 15 is 0 Å². The highest BCUT2D eigenvalue weighted by molar-refractivity contribution is 6.10. The largest absolute Gasteiger partial charge is 0.458 e. The minimum atomic E-state index is -0.444. The van der Waals surface area contributed by atoms with Crippen LogP contribution in [0.25, 0.3) is 128 Å². The molecule has 14 aromatic rings. The Hall–Kier alpha value is -9.78. The number of pyridine rings is 1. The zero-order chi connectivity index (χ0) is 55.0. The molecule has 1 aliphatic rings. The molecule has 0 saturated heterocycles. The number of hydrogen-bond donors (Lipinski definition) is 0. The molecule has 0 bridgehead atoms. The fourth-order valence-electron chi connectivity index (χ4n) is 11.5. The molecule has 0 unspecified atom stereocenters. The lowest BCUT2D eigenvalue weighted by Crippen LogP contribution is -2.32. The minimum absolute atomic E-state index is 0.0710. The van der Waals surface area contributed by atoms with Gasteiger partial charge in [0.1, 0.15) is 28.5 Å². The van der Waals surface area contributed by atoms with Gasteiger partial charge in [0.05, 0.1) is 40.3 Å². The molecule has 0 fully saturated rings. The fraction of sp³-hybridized carbons (Fsp3) is 0.0571. The van der Waals surface area contributed by atoms with Gasteiger partial charge in [0, 0.05) is 33.8 Å². The SMILES string of the molecule is [2H]c1c([2H])c([2H])c(-c2cccc3c2-c2cccc4c2[n+]([c-]n4-c2cccc(Oc4ccc5c6ccccc6n(-c6cc(C(C)(C)C)ccn6)c5c4)c2)-c2c(-c4ccc5oc6ccccc6c5c4)cccc2-c2ccccc2-3)c([2H])c1[2H]. The quantitative estimate of drug-likeness (QED) is 0.123. The second kappa shape index (κ2) is 16.9. The number of nitrogens with zero attached hydrogens (tertiary/aromatic N) is 4. The highest BCUT2D eigenvalue weighted by Crippen LogP contribution is 2.49. The lowest BCUT2D eigenvalue weighted by molar-refractivity contribution is -0.570. The first-order chi connectivity index (χ1) is 39.4. The third kappa shape index (κ3) is 6.88. The van der Waals surface area contributed by atoms with Gasteiger partial charge in [-0.3, -0.25) is 13.7 Å². The molecule has 0 saturated carbocycles. The van der Waals surface area contributed by atoms with E-state index in [0.717, 1.165) is 116 Å². The van der Waals surface area contributed by atoms with Gasteiger partial charge in [0.2, 0.25) is 0 Å². The predicted octanol–water partition coefficient (Wildman–Crippen LogP) is 17.8. The van der Waals surface area contributed by atoms with Crippen LogP contribution in [-0.2, 0) is 5.41 Å². The van der Waals surface area contributed by atoms with Gasteiger partial charge in [0.15, 0.2) is 0 Å². The number of rotatable bonds is 6. The molecule has 15 rings (SSSR count). The van der Waals surface area contributed by atoms with Crippen molar-refractivity contribution in [1.29, 1.82) is 0 Å². The molecule has 0 amide bonds. The molecule has 1 aliphatic heterocycles. The Kier molecular flexibility index (Phi) is 8.62. The van der Waals surface area contributed by atoms with E-state index in [2.05, 4.69) is 156 Å². The molecule has 0 spiro atoms. The Bertz CT molecular complexity index is 4960. The summed E-state index contributed by atoms with van der Waals surface area (Å²) in [4.78, 5) is 4.91. The molecular formula is C70H48N4O2. The van der Waals surface area contributed by atoms with Crippen molar-refractivity contribution in [1.82, 2.24) is 14.1 Å². The summed E-state index contributed by atoms with van der Waals surface area (Å²) in [6.07, 6.45) is 5.79. The molecule has 0 atom stereocenters. The Morgan fingerprint density at radius 3 is 2.05 bits per heavy atom. The molecule has 4 aromatic heterocycles. The average Bonchev–Trinajstić information content (AvgIpc) is 4.13. The maximum Gasteiger partial charge on any atom is 0.269 e. The van der Waals surface area contributed by atoms with Crippen molar-refractivity contribution in [3.05, 3.63) is 248 Å². The molecular weight excluding hydrogens is 929 g/mol. The van der Waals surface area contributed by atoms with E-state index in [1.165, 1.54) is 5.56 Å². The van der Waals surface area contributed by atoms with Crippen LogP contribution < -0.4 is 9.30 Å². The summed E-state index contributed by atoms with van der Waals surface area (Å²) in [5, 5.41) is 4.24. The van der Waals surface area contributed by atoms with Crippen molar-refractivity contribution in [3.63, 3.8) is 0 Å². The van der Waals surface area contributed by atoms with Crippen LogP contribution >= 0.6 is 0 Å². The molecule has 6 nitrogen and oxygen atoms in total. The minimum Gasteiger partial charge on any atom is -0.458 e. The van der Waals surface area contributed by atoms with Crippen LogP contribution in [0.3, 0.4) is 0 Å². The normalized spacial score (nSPS) is 13.1. The topological polar surface area (TPSA) is 49.0 Å². The van der Waals surface area contributed by atoms with Gasteiger partial charge in [-0.05, 0) is 133 Å². The van der Waals surface area contributed by atoms with Gasteiger partial charge < -0.3 is 9.15 Å². The van der Waals surface area contributed by atoms with E-state index in [1.54, 1.807) is 0 Å². The number of furan rings is 1. The van der Waals surface area contributed by atoms with Crippen molar-refractivity contribution in [3.8, 4) is 84.3 Å². The number of hydrogen-bond acceptors (Lipinski definition) is 3. The van der Waals surface area contributed by atoms with Gasteiger partial charge in [-0.1, -0.05) is 178 Å². The first-order valence-electron chi connectivity index (χ1n) is 28.0. The number of ether oxygens (including phenoxy) is 1. The average molecular weight is 982 g/mol. The standard InChI is InChI=1S/C70H48N4O2/c1-70(2,3)46-37-38-71-66(40-46)74-61-30-11-9-23-54(61)55-35-34-49(42-63(55)74)75-48-20-13-19-47(41-48)72-43-73-68-51(45-33-36-65-60(39-45)56-24-10-12-32-64(56)76-65)26-15-28-58(68)53-22-8-7-21-52(53)57-27-14-25-50(44-17-5-4-6-18-44)67(57)59-29-16-31-62(72)69(59)73/h4-42H,1-3H3/i4D,5D,6D,17D,18D. The van der Waals surface area contributed by atoms with Gasteiger partial charge in [-0.15, -0.1) is 0 Å². The second-order valence-corrected chi connectivity index (χ2v) is 20.5. The smallest absolute Gasteiger partial charge is 0.269 e. The molecule has 0 aliphatic carbocycles. The number of para-hydroxylation sites is 4. The third-order valence-electron chi connectivity index (χ3n) is 15.0. The summed E-state index contributed by atoms with van der Waals surface area (Å²) in [6, 6.07) is 66.4. The maximum absolute atomic E-state index is 9.34. The summed E-state index contributed by atoms with van der Waals surface area (Å²) in [5.41, 5.74) is 15.8. The Morgan fingerprint density at radius 1 is 0.513 bits per heavy atom. The second-order valence-electron chi connectivity index (χ2n) is 20.5. The summed E-state index contributed by atoms with van der Waals surface area (Å²) in [7, 11) is 0. The Balaban J connectivity index is 0.969. The maximum atomic E-state index is 9.34. The molecule has 10 aromatic carbocycles. The Labute approximate surface area is 446 Å². The van der Waals surface area contributed by atoms with Gasteiger partial charge in [-0.25, -0.2) is 4.98 Å². The highest BCUT2D eigenvalue weighted by atomic mass is 16.5.